The topological polar surface area (TPSA) is 97.2 Å². The molecule has 1 unspecified atom stereocenters. The maximum absolute atomic E-state index is 12.5. The minimum Gasteiger partial charge on any atom is -0.350 e. The molecule has 2 fully saturated rings. The van der Waals surface area contributed by atoms with Crippen molar-refractivity contribution >= 4 is 15.9 Å². The van der Waals surface area contributed by atoms with Gasteiger partial charge in [-0.15, -0.1) is 5.10 Å². The summed E-state index contributed by atoms with van der Waals surface area (Å²) in [4.78, 5) is 12.0. The van der Waals surface area contributed by atoms with Gasteiger partial charge in [0.05, 0.1) is 11.9 Å². The molecule has 1 atom stereocenters. The zero-order valence-electron chi connectivity index (χ0n) is 15.4. The Labute approximate surface area is 155 Å². The van der Waals surface area contributed by atoms with E-state index in [0.29, 0.717) is 44.1 Å². The van der Waals surface area contributed by atoms with E-state index in [1.165, 1.54) is 12.8 Å². The largest absolute Gasteiger partial charge is 0.350 e. The zero-order valence-corrected chi connectivity index (χ0v) is 16.2. The van der Waals surface area contributed by atoms with Crippen LogP contribution in [0, 0.1) is 5.92 Å². The standard InChI is InChI=1S/C17H29N5O3S/c1-2-11-26(24,25)22-9-4-3-5-15(22)8-10-21-13-16(19-20-21)17(23)18-12-14-6-7-14/h13-15H,2-12H2,1H3,(H,18,23). The highest BCUT2D eigenvalue weighted by Crippen LogP contribution is 2.27. The highest BCUT2D eigenvalue weighted by Gasteiger charge is 2.31. The van der Waals surface area contributed by atoms with E-state index >= 15 is 0 Å². The summed E-state index contributed by atoms with van der Waals surface area (Å²) in [6.45, 7) is 3.77. The molecule has 1 N–H and O–H groups in total. The van der Waals surface area contributed by atoms with Gasteiger partial charge in [0.1, 0.15) is 0 Å². The van der Waals surface area contributed by atoms with Crippen LogP contribution in [-0.2, 0) is 16.6 Å². The molecule has 26 heavy (non-hydrogen) atoms. The number of piperidine rings is 1. The van der Waals surface area contributed by atoms with Gasteiger partial charge >= 0.3 is 0 Å². The van der Waals surface area contributed by atoms with Crippen LogP contribution in [0.1, 0.15) is 62.4 Å². The Morgan fingerprint density at radius 2 is 2.12 bits per heavy atom. The number of nitrogens with zero attached hydrogens (tertiary/aromatic N) is 4. The lowest BCUT2D eigenvalue weighted by Crippen LogP contribution is -2.45. The third-order valence-electron chi connectivity index (χ3n) is 5.10. The second-order valence-corrected chi connectivity index (χ2v) is 9.43. The number of carbonyl (C=O) groups excluding carboxylic acids is 1. The normalized spacial score (nSPS) is 21.7. The smallest absolute Gasteiger partial charge is 0.273 e. The number of hydrogen-bond donors (Lipinski definition) is 1. The van der Waals surface area contributed by atoms with Gasteiger partial charge in [0.15, 0.2) is 5.69 Å². The van der Waals surface area contributed by atoms with Crippen molar-refractivity contribution in [3.05, 3.63) is 11.9 Å². The quantitative estimate of drug-likeness (QED) is 0.695. The predicted molar refractivity (Wildman–Crippen MR) is 98.1 cm³/mol. The molecule has 1 aliphatic heterocycles. The van der Waals surface area contributed by atoms with Crippen molar-refractivity contribution in [1.82, 2.24) is 24.6 Å². The number of amides is 1. The maximum atomic E-state index is 12.5. The number of hydrogen-bond acceptors (Lipinski definition) is 5. The molecule has 146 valence electrons. The van der Waals surface area contributed by atoms with Crippen LogP contribution in [0.5, 0.6) is 0 Å². The van der Waals surface area contributed by atoms with Crippen molar-refractivity contribution in [3.63, 3.8) is 0 Å². The Morgan fingerprint density at radius 1 is 1.31 bits per heavy atom. The third-order valence-corrected chi connectivity index (χ3v) is 7.22. The lowest BCUT2D eigenvalue weighted by Gasteiger charge is -2.34. The van der Waals surface area contributed by atoms with Crippen molar-refractivity contribution in [1.29, 1.82) is 0 Å². The van der Waals surface area contributed by atoms with Gasteiger partial charge in [-0.05, 0) is 44.4 Å². The molecule has 1 saturated carbocycles. The third kappa shape index (κ3) is 5.03. The first kappa shape index (κ1) is 19.3. The van der Waals surface area contributed by atoms with E-state index in [2.05, 4.69) is 15.6 Å². The fourth-order valence-electron chi connectivity index (χ4n) is 3.45. The summed E-state index contributed by atoms with van der Waals surface area (Å²) in [5.41, 5.74) is 0.324. The van der Waals surface area contributed by atoms with E-state index < -0.39 is 10.0 Å². The van der Waals surface area contributed by atoms with Crippen LogP contribution in [0.2, 0.25) is 0 Å². The number of aromatic nitrogens is 3. The second kappa shape index (κ2) is 8.47. The number of rotatable bonds is 9. The highest BCUT2D eigenvalue weighted by atomic mass is 32.2. The Hall–Kier alpha value is -1.48. The highest BCUT2D eigenvalue weighted by molar-refractivity contribution is 7.89. The van der Waals surface area contributed by atoms with E-state index in [1.54, 1.807) is 15.2 Å². The summed E-state index contributed by atoms with van der Waals surface area (Å²) in [6.07, 6.45) is 8.20. The van der Waals surface area contributed by atoms with Gasteiger partial charge in [-0.25, -0.2) is 8.42 Å². The van der Waals surface area contributed by atoms with Gasteiger partial charge < -0.3 is 5.32 Å². The fraction of sp³-hybridized carbons (Fsp3) is 0.824. The molecule has 1 amide bonds. The minimum atomic E-state index is -3.18. The summed E-state index contributed by atoms with van der Waals surface area (Å²) in [6, 6.07) is 0.0108. The molecule has 1 aromatic heterocycles. The van der Waals surface area contributed by atoms with Crippen LogP contribution < -0.4 is 5.32 Å². The van der Waals surface area contributed by atoms with Gasteiger partial charge in [0, 0.05) is 25.7 Å². The average molecular weight is 384 g/mol. The Kier molecular flexibility index (Phi) is 6.29. The van der Waals surface area contributed by atoms with E-state index in [-0.39, 0.29) is 17.7 Å². The molecule has 2 heterocycles. The molecule has 2 aliphatic rings. The molecular weight excluding hydrogens is 354 g/mol. The number of carbonyl (C=O) groups is 1. The zero-order chi connectivity index (χ0) is 18.6. The molecule has 0 aromatic carbocycles. The lowest BCUT2D eigenvalue weighted by molar-refractivity contribution is 0.0946. The molecule has 1 aromatic rings. The molecule has 3 rings (SSSR count). The fourth-order valence-corrected chi connectivity index (χ4v) is 5.27. The van der Waals surface area contributed by atoms with Crippen LogP contribution >= 0.6 is 0 Å². The first-order valence-corrected chi connectivity index (χ1v) is 11.3. The second-order valence-electron chi connectivity index (χ2n) is 7.39. The number of nitrogens with one attached hydrogen (secondary N) is 1. The molecule has 8 nitrogen and oxygen atoms in total. The van der Waals surface area contributed by atoms with Crippen molar-refractivity contribution < 1.29 is 13.2 Å². The molecular formula is C17H29N5O3S. The van der Waals surface area contributed by atoms with E-state index in [9.17, 15) is 13.2 Å². The maximum Gasteiger partial charge on any atom is 0.273 e. The SMILES string of the molecule is CCCS(=O)(=O)N1CCCCC1CCn1cc(C(=O)NCC2CC2)nn1. The van der Waals surface area contributed by atoms with Gasteiger partial charge in [0.2, 0.25) is 10.0 Å². The van der Waals surface area contributed by atoms with E-state index in [1.807, 2.05) is 6.92 Å². The number of aryl methyl sites for hydroxylation is 1. The van der Waals surface area contributed by atoms with E-state index in [0.717, 1.165) is 19.3 Å². The molecule has 9 heteroatoms. The Morgan fingerprint density at radius 3 is 2.85 bits per heavy atom. The Bertz CT molecular complexity index is 714. The van der Waals surface area contributed by atoms with Crippen LogP contribution in [0.15, 0.2) is 6.20 Å². The lowest BCUT2D eigenvalue weighted by atomic mass is 10.0. The van der Waals surface area contributed by atoms with Crippen molar-refractivity contribution in [2.75, 3.05) is 18.8 Å². The summed E-state index contributed by atoms with van der Waals surface area (Å²) in [5, 5.41) is 10.8. The predicted octanol–water partition coefficient (Wildman–Crippen LogP) is 1.40. The molecule has 0 bridgehead atoms. The van der Waals surface area contributed by atoms with Crippen LogP contribution in [-0.4, -0.2) is 58.5 Å². The first-order chi connectivity index (χ1) is 12.5. The Balaban J connectivity index is 1.54. The summed E-state index contributed by atoms with van der Waals surface area (Å²) in [7, 11) is -3.18. The molecule has 0 radical (unpaired) electrons. The average Bonchev–Trinajstić information content (AvgIpc) is 3.33. The van der Waals surface area contributed by atoms with E-state index in [4.69, 9.17) is 0 Å². The van der Waals surface area contributed by atoms with Gasteiger partial charge in [-0.2, -0.15) is 4.31 Å². The van der Waals surface area contributed by atoms with Gasteiger partial charge in [-0.1, -0.05) is 18.6 Å². The first-order valence-electron chi connectivity index (χ1n) is 9.67. The van der Waals surface area contributed by atoms with Crippen molar-refractivity contribution in [2.45, 2.75) is 64.5 Å². The monoisotopic (exact) mass is 383 g/mol. The van der Waals surface area contributed by atoms with Crippen LogP contribution in [0.4, 0.5) is 0 Å². The van der Waals surface area contributed by atoms with Crippen molar-refractivity contribution in [2.24, 2.45) is 5.92 Å². The summed E-state index contributed by atoms with van der Waals surface area (Å²) in [5.74, 6) is 0.641. The van der Waals surface area contributed by atoms with Gasteiger partial charge in [0.25, 0.3) is 5.91 Å². The van der Waals surface area contributed by atoms with Crippen molar-refractivity contribution in [3.8, 4) is 0 Å². The minimum absolute atomic E-state index is 0.0108. The van der Waals surface area contributed by atoms with Crippen LogP contribution in [0.3, 0.4) is 0 Å². The number of sulfonamides is 1. The summed E-state index contributed by atoms with van der Waals surface area (Å²) >= 11 is 0. The molecule has 0 spiro atoms. The molecule has 1 aliphatic carbocycles. The summed E-state index contributed by atoms with van der Waals surface area (Å²) < 4.78 is 28.3. The van der Waals surface area contributed by atoms with Crippen LogP contribution in [0.25, 0.3) is 0 Å². The molecule has 1 saturated heterocycles. The van der Waals surface area contributed by atoms with Gasteiger partial charge in [-0.3, -0.25) is 9.48 Å².